The lowest BCUT2D eigenvalue weighted by molar-refractivity contribution is -0.116. The van der Waals surface area contributed by atoms with Gasteiger partial charge >= 0.3 is 0 Å². The number of amides is 1. The van der Waals surface area contributed by atoms with E-state index in [1.54, 1.807) is 19.3 Å². The van der Waals surface area contributed by atoms with Gasteiger partial charge in [-0.25, -0.2) is 0 Å². The van der Waals surface area contributed by atoms with E-state index in [1.807, 2.05) is 43.3 Å². The number of hydrogen-bond donors (Lipinski definition) is 1. The van der Waals surface area contributed by atoms with Gasteiger partial charge in [0.1, 0.15) is 5.75 Å². The Morgan fingerprint density at radius 1 is 1.22 bits per heavy atom. The third-order valence-corrected chi connectivity index (χ3v) is 3.75. The first-order valence-electron chi connectivity index (χ1n) is 7.75. The molecule has 1 N–H and O–H groups in total. The Bertz CT molecular complexity index is 677. The fraction of sp³-hybridized carbons (Fsp3) is 0.250. The zero-order chi connectivity index (χ0) is 16.7. The molecular weight excluding hydrogens is 286 g/mol. The molecule has 2 rings (SSSR count). The summed E-state index contributed by atoms with van der Waals surface area (Å²) < 4.78 is 5.31. The summed E-state index contributed by atoms with van der Waals surface area (Å²) in [4.78, 5) is 12.0. The molecule has 0 saturated heterocycles. The number of carbonyl (C=O) groups is 1. The average molecular weight is 309 g/mol. The maximum atomic E-state index is 12.0. The van der Waals surface area contributed by atoms with Crippen molar-refractivity contribution in [2.24, 2.45) is 0 Å². The molecule has 0 spiro atoms. The van der Waals surface area contributed by atoms with Crippen LogP contribution >= 0.6 is 0 Å². The van der Waals surface area contributed by atoms with Gasteiger partial charge in [0.05, 0.1) is 7.11 Å². The van der Waals surface area contributed by atoms with E-state index >= 15 is 0 Å². The summed E-state index contributed by atoms with van der Waals surface area (Å²) in [5, 5.41) is 2.94. The van der Waals surface area contributed by atoms with E-state index in [0.29, 0.717) is 6.54 Å². The second-order valence-electron chi connectivity index (χ2n) is 5.64. The Morgan fingerprint density at radius 2 is 1.96 bits per heavy atom. The van der Waals surface area contributed by atoms with Crippen molar-refractivity contribution in [3.8, 4) is 5.75 Å². The lowest BCUT2D eigenvalue weighted by atomic mass is 10.0. The molecule has 0 radical (unpaired) electrons. The van der Waals surface area contributed by atoms with Crippen molar-refractivity contribution in [3.05, 3.63) is 71.3 Å². The van der Waals surface area contributed by atoms with Crippen LogP contribution in [0.25, 0.3) is 6.08 Å². The smallest absolute Gasteiger partial charge is 0.244 e. The van der Waals surface area contributed by atoms with Crippen LogP contribution < -0.4 is 10.1 Å². The Balaban J connectivity index is 1.93. The molecule has 0 fully saturated rings. The third-order valence-electron chi connectivity index (χ3n) is 3.75. The SMILES string of the molecule is COc1ccc(C)cc1/C=C/C(=O)NC[C@@H](C)c1ccccc1. The quantitative estimate of drug-likeness (QED) is 0.821. The Morgan fingerprint density at radius 3 is 2.65 bits per heavy atom. The maximum absolute atomic E-state index is 12.0. The molecule has 2 aromatic rings. The van der Waals surface area contributed by atoms with Crippen LogP contribution in [0.5, 0.6) is 5.75 Å². The van der Waals surface area contributed by atoms with Crippen molar-refractivity contribution in [2.75, 3.05) is 13.7 Å². The average Bonchev–Trinajstić information content (AvgIpc) is 2.58. The molecule has 3 nitrogen and oxygen atoms in total. The van der Waals surface area contributed by atoms with E-state index < -0.39 is 0 Å². The van der Waals surface area contributed by atoms with Crippen LogP contribution in [0, 0.1) is 6.92 Å². The molecule has 1 amide bonds. The van der Waals surface area contributed by atoms with E-state index in [2.05, 4.69) is 24.4 Å². The van der Waals surface area contributed by atoms with Gasteiger partial charge in [-0.05, 0) is 36.6 Å². The van der Waals surface area contributed by atoms with Gasteiger partial charge in [-0.1, -0.05) is 48.9 Å². The van der Waals surface area contributed by atoms with Crippen LogP contribution in [-0.2, 0) is 4.79 Å². The van der Waals surface area contributed by atoms with Crippen molar-refractivity contribution >= 4 is 12.0 Å². The molecule has 0 heterocycles. The van der Waals surface area contributed by atoms with Gasteiger partial charge in [-0.2, -0.15) is 0 Å². The van der Waals surface area contributed by atoms with Gasteiger partial charge in [0, 0.05) is 18.2 Å². The van der Waals surface area contributed by atoms with Crippen molar-refractivity contribution in [2.45, 2.75) is 19.8 Å². The van der Waals surface area contributed by atoms with Crippen molar-refractivity contribution < 1.29 is 9.53 Å². The molecule has 0 saturated carbocycles. The van der Waals surface area contributed by atoms with Crippen LogP contribution in [0.1, 0.15) is 29.5 Å². The summed E-state index contributed by atoms with van der Waals surface area (Å²) in [6.07, 6.45) is 3.34. The fourth-order valence-electron chi connectivity index (χ4n) is 2.36. The number of hydrogen-bond acceptors (Lipinski definition) is 2. The Kier molecular flexibility index (Phi) is 5.98. The number of ether oxygens (including phenoxy) is 1. The standard InChI is InChI=1S/C20H23NO2/c1-15-9-11-19(23-3)18(13-15)10-12-20(22)21-14-16(2)17-7-5-4-6-8-17/h4-13,16H,14H2,1-3H3,(H,21,22)/b12-10+/t16-/m1/s1. The van der Waals surface area contributed by atoms with Crippen molar-refractivity contribution in [1.82, 2.24) is 5.32 Å². The molecule has 0 aliphatic rings. The summed E-state index contributed by atoms with van der Waals surface area (Å²) in [5.41, 5.74) is 3.25. The Hall–Kier alpha value is -2.55. The lowest BCUT2D eigenvalue weighted by Crippen LogP contribution is -2.25. The monoisotopic (exact) mass is 309 g/mol. The molecule has 120 valence electrons. The third kappa shape index (κ3) is 4.99. The minimum absolute atomic E-state index is 0.101. The molecule has 2 aromatic carbocycles. The van der Waals surface area contributed by atoms with E-state index in [1.165, 1.54) is 5.56 Å². The predicted molar refractivity (Wildman–Crippen MR) is 94.6 cm³/mol. The molecule has 3 heteroatoms. The number of rotatable bonds is 6. The van der Waals surface area contributed by atoms with Gasteiger partial charge < -0.3 is 10.1 Å². The van der Waals surface area contributed by atoms with Gasteiger partial charge in [-0.15, -0.1) is 0 Å². The second kappa shape index (κ2) is 8.18. The molecule has 0 bridgehead atoms. The second-order valence-corrected chi connectivity index (χ2v) is 5.64. The lowest BCUT2D eigenvalue weighted by Gasteiger charge is -2.12. The van der Waals surface area contributed by atoms with Crippen LogP contribution in [0.2, 0.25) is 0 Å². The minimum atomic E-state index is -0.101. The number of carbonyl (C=O) groups excluding carboxylic acids is 1. The molecule has 0 aliphatic heterocycles. The summed E-state index contributed by atoms with van der Waals surface area (Å²) in [7, 11) is 1.63. The van der Waals surface area contributed by atoms with Crippen molar-refractivity contribution in [1.29, 1.82) is 0 Å². The summed E-state index contributed by atoms with van der Waals surface area (Å²) in [6, 6.07) is 16.0. The van der Waals surface area contributed by atoms with Gasteiger partial charge in [0.2, 0.25) is 5.91 Å². The normalized spacial score (nSPS) is 12.1. The highest BCUT2D eigenvalue weighted by atomic mass is 16.5. The molecular formula is C20H23NO2. The van der Waals surface area contributed by atoms with E-state index in [0.717, 1.165) is 16.9 Å². The van der Waals surface area contributed by atoms with Crippen LogP contribution in [0.15, 0.2) is 54.6 Å². The molecule has 0 aliphatic carbocycles. The van der Waals surface area contributed by atoms with E-state index in [9.17, 15) is 4.79 Å². The molecule has 0 unspecified atom stereocenters. The highest BCUT2D eigenvalue weighted by Gasteiger charge is 2.06. The first-order chi connectivity index (χ1) is 11.1. The zero-order valence-corrected chi connectivity index (χ0v) is 13.9. The van der Waals surface area contributed by atoms with E-state index in [-0.39, 0.29) is 11.8 Å². The zero-order valence-electron chi connectivity index (χ0n) is 13.9. The number of benzene rings is 2. The van der Waals surface area contributed by atoms with Gasteiger partial charge in [0.25, 0.3) is 0 Å². The number of methoxy groups -OCH3 is 1. The van der Waals surface area contributed by atoms with Gasteiger partial charge in [0.15, 0.2) is 0 Å². The topological polar surface area (TPSA) is 38.3 Å². The molecule has 0 aromatic heterocycles. The maximum Gasteiger partial charge on any atom is 0.244 e. The molecule has 23 heavy (non-hydrogen) atoms. The number of nitrogens with one attached hydrogen (secondary N) is 1. The summed E-state index contributed by atoms with van der Waals surface area (Å²) in [5.74, 6) is 0.940. The highest BCUT2D eigenvalue weighted by Crippen LogP contribution is 2.21. The van der Waals surface area contributed by atoms with Crippen LogP contribution in [-0.4, -0.2) is 19.6 Å². The largest absolute Gasteiger partial charge is 0.496 e. The Labute approximate surface area is 138 Å². The summed E-state index contributed by atoms with van der Waals surface area (Å²) in [6.45, 7) is 4.72. The van der Waals surface area contributed by atoms with Crippen molar-refractivity contribution in [3.63, 3.8) is 0 Å². The first-order valence-corrected chi connectivity index (χ1v) is 7.75. The molecule has 1 atom stereocenters. The number of aryl methyl sites for hydroxylation is 1. The highest BCUT2D eigenvalue weighted by molar-refractivity contribution is 5.92. The minimum Gasteiger partial charge on any atom is -0.496 e. The predicted octanol–water partition coefficient (Wildman–Crippen LogP) is 3.94. The fourth-order valence-corrected chi connectivity index (χ4v) is 2.36. The van der Waals surface area contributed by atoms with Gasteiger partial charge in [-0.3, -0.25) is 4.79 Å². The van der Waals surface area contributed by atoms with Crippen LogP contribution in [0.4, 0.5) is 0 Å². The summed E-state index contributed by atoms with van der Waals surface area (Å²) >= 11 is 0. The van der Waals surface area contributed by atoms with Crippen LogP contribution in [0.3, 0.4) is 0 Å². The first kappa shape index (κ1) is 16.8. The van der Waals surface area contributed by atoms with E-state index in [4.69, 9.17) is 4.74 Å².